The summed E-state index contributed by atoms with van der Waals surface area (Å²) in [5.41, 5.74) is 0. The van der Waals surface area contributed by atoms with Gasteiger partial charge in [-0.15, -0.1) is 0 Å². The summed E-state index contributed by atoms with van der Waals surface area (Å²) >= 11 is 0. The largest absolute Gasteiger partial charge is 0.395 e. The van der Waals surface area contributed by atoms with E-state index in [1.807, 2.05) is 0 Å². The van der Waals surface area contributed by atoms with E-state index in [1.165, 1.54) is 32.1 Å². The topological polar surface area (TPSA) is 32.7 Å². The van der Waals surface area contributed by atoms with Gasteiger partial charge in [-0.2, -0.15) is 0 Å². The third kappa shape index (κ3) is 2.92. The van der Waals surface area contributed by atoms with Gasteiger partial charge in [0, 0.05) is 19.1 Å². The zero-order chi connectivity index (χ0) is 10.7. The van der Waals surface area contributed by atoms with Crippen LogP contribution in [0.1, 0.15) is 39.0 Å². The minimum atomic E-state index is 0.277. The first-order valence-electron chi connectivity index (χ1n) is 6.30. The van der Waals surface area contributed by atoms with Crippen molar-refractivity contribution in [1.29, 1.82) is 0 Å². The number of aliphatic hydroxyl groups is 1. The number of hydrogen-bond acceptors (Lipinski definition) is 3. The summed E-state index contributed by atoms with van der Waals surface area (Å²) in [5.74, 6) is 0. The van der Waals surface area contributed by atoms with E-state index in [0.717, 1.165) is 19.1 Å². The maximum Gasteiger partial charge on any atom is 0.0706 e. The number of nitrogens with zero attached hydrogens (tertiary/aromatic N) is 1. The Labute approximate surface area is 92.4 Å². The van der Waals surface area contributed by atoms with E-state index in [-0.39, 0.29) is 6.61 Å². The lowest BCUT2D eigenvalue weighted by Crippen LogP contribution is -2.45. The third-order valence-corrected chi connectivity index (χ3v) is 3.74. The van der Waals surface area contributed by atoms with Crippen molar-refractivity contribution in [2.75, 3.05) is 19.7 Å². The monoisotopic (exact) mass is 213 g/mol. The Morgan fingerprint density at radius 1 is 1.27 bits per heavy atom. The third-order valence-electron chi connectivity index (χ3n) is 3.74. The van der Waals surface area contributed by atoms with Crippen LogP contribution in [-0.4, -0.2) is 48.0 Å². The second-order valence-electron chi connectivity index (χ2n) is 4.95. The normalized spacial score (nSPS) is 32.2. The molecule has 2 aliphatic rings. The van der Waals surface area contributed by atoms with E-state index < -0.39 is 0 Å². The van der Waals surface area contributed by atoms with Crippen LogP contribution < -0.4 is 0 Å². The Kier molecular flexibility index (Phi) is 4.00. The molecule has 0 aromatic rings. The molecule has 3 nitrogen and oxygen atoms in total. The van der Waals surface area contributed by atoms with Gasteiger partial charge in [-0.05, 0) is 32.6 Å². The molecule has 0 radical (unpaired) electrons. The van der Waals surface area contributed by atoms with Crippen LogP contribution in [0.25, 0.3) is 0 Å². The number of hydrogen-bond donors (Lipinski definition) is 1. The molecule has 1 heterocycles. The highest BCUT2D eigenvalue weighted by atomic mass is 16.5. The molecule has 1 aliphatic heterocycles. The van der Waals surface area contributed by atoms with Gasteiger partial charge in [-0.3, -0.25) is 4.90 Å². The molecule has 2 unspecified atom stereocenters. The van der Waals surface area contributed by atoms with E-state index in [2.05, 4.69) is 11.8 Å². The summed E-state index contributed by atoms with van der Waals surface area (Å²) in [4.78, 5) is 2.42. The van der Waals surface area contributed by atoms with Crippen molar-refractivity contribution < 1.29 is 9.84 Å². The fourth-order valence-corrected chi connectivity index (χ4v) is 2.58. The molecule has 1 aliphatic carbocycles. The molecule has 0 bridgehead atoms. The first-order chi connectivity index (χ1) is 7.29. The molecule has 1 saturated heterocycles. The van der Waals surface area contributed by atoms with Crippen LogP contribution in [0.3, 0.4) is 0 Å². The molecule has 2 fully saturated rings. The Bertz CT molecular complexity index is 194. The van der Waals surface area contributed by atoms with Gasteiger partial charge in [0.15, 0.2) is 0 Å². The molecular formula is C12H23NO2. The molecule has 1 saturated carbocycles. The van der Waals surface area contributed by atoms with E-state index in [4.69, 9.17) is 9.84 Å². The zero-order valence-corrected chi connectivity index (χ0v) is 9.69. The molecular weight excluding hydrogens is 190 g/mol. The summed E-state index contributed by atoms with van der Waals surface area (Å²) < 4.78 is 5.83. The summed E-state index contributed by atoms with van der Waals surface area (Å²) in [6.45, 7) is 4.27. The predicted molar refractivity (Wildman–Crippen MR) is 59.9 cm³/mol. The van der Waals surface area contributed by atoms with Crippen LogP contribution >= 0.6 is 0 Å². The number of rotatable bonds is 5. The zero-order valence-electron chi connectivity index (χ0n) is 9.69. The second-order valence-corrected chi connectivity index (χ2v) is 4.95. The van der Waals surface area contributed by atoms with Crippen molar-refractivity contribution >= 4 is 0 Å². The standard InChI is InChI=1S/C12H23NO2/c1-10-5-6-12(15-10)9-13(7-8-14)11-3-2-4-11/h10-12,14H,2-9H2,1H3. The molecule has 2 rings (SSSR count). The SMILES string of the molecule is CC1CCC(CN(CCO)C2CCC2)O1. The van der Waals surface area contributed by atoms with Gasteiger partial charge in [0.25, 0.3) is 0 Å². The lowest BCUT2D eigenvalue weighted by Gasteiger charge is -2.38. The van der Waals surface area contributed by atoms with Crippen molar-refractivity contribution in [2.24, 2.45) is 0 Å². The lowest BCUT2D eigenvalue weighted by atomic mass is 9.91. The van der Waals surface area contributed by atoms with Crippen molar-refractivity contribution in [2.45, 2.75) is 57.3 Å². The van der Waals surface area contributed by atoms with Crippen LogP contribution in [0.2, 0.25) is 0 Å². The highest BCUT2D eigenvalue weighted by molar-refractivity contribution is 4.83. The summed E-state index contributed by atoms with van der Waals surface area (Å²) in [6.07, 6.45) is 7.21. The number of ether oxygens (including phenoxy) is 1. The van der Waals surface area contributed by atoms with Gasteiger partial charge in [0.05, 0.1) is 18.8 Å². The Morgan fingerprint density at radius 3 is 2.53 bits per heavy atom. The molecule has 0 aromatic carbocycles. The van der Waals surface area contributed by atoms with Gasteiger partial charge in [0.2, 0.25) is 0 Å². The fraction of sp³-hybridized carbons (Fsp3) is 1.00. The quantitative estimate of drug-likeness (QED) is 0.749. The van der Waals surface area contributed by atoms with Gasteiger partial charge in [-0.25, -0.2) is 0 Å². The van der Waals surface area contributed by atoms with E-state index in [9.17, 15) is 0 Å². The Morgan fingerprint density at radius 2 is 2.07 bits per heavy atom. The predicted octanol–water partition coefficient (Wildman–Crippen LogP) is 1.40. The minimum absolute atomic E-state index is 0.277. The summed E-state index contributed by atoms with van der Waals surface area (Å²) in [6, 6.07) is 0.719. The van der Waals surface area contributed by atoms with Gasteiger partial charge >= 0.3 is 0 Å². The minimum Gasteiger partial charge on any atom is -0.395 e. The lowest BCUT2D eigenvalue weighted by molar-refractivity contribution is 0.00502. The Balaban J connectivity index is 1.77. The smallest absolute Gasteiger partial charge is 0.0706 e. The van der Waals surface area contributed by atoms with Crippen LogP contribution in [0, 0.1) is 0 Å². The van der Waals surface area contributed by atoms with Gasteiger partial charge in [0.1, 0.15) is 0 Å². The summed E-state index contributed by atoms with van der Waals surface area (Å²) in [7, 11) is 0. The average molecular weight is 213 g/mol. The van der Waals surface area contributed by atoms with Crippen LogP contribution in [0.15, 0.2) is 0 Å². The number of aliphatic hydroxyl groups excluding tert-OH is 1. The maximum absolute atomic E-state index is 9.05. The van der Waals surface area contributed by atoms with E-state index >= 15 is 0 Å². The van der Waals surface area contributed by atoms with Gasteiger partial charge in [-0.1, -0.05) is 6.42 Å². The first kappa shape index (κ1) is 11.4. The molecule has 0 amide bonds. The van der Waals surface area contributed by atoms with Crippen LogP contribution in [-0.2, 0) is 4.74 Å². The van der Waals surface area contributed by atoms with Crippen molar-refractivity contribution in [3.05, 3.63) is 0 Å². The van der Waals surface area contributed by atoms with Crippen LogP contribution in [0.4, 0.5) is 0 Å². The molecule has 15 heavy (non-hydrogen) atoms. The van der Waals surface area contributed by atoms with Gasteiger partial charge < -0.3 is 9.84 Å². The van der Waals surface area contributed by atoms with E-state index in [1.54, 1.807) is 0 Å². The molecule has 1 N–H and O–H groups in total. The highest BCUT2D eigenvalue weighted by Gasteiger charge is 2.29. The average Bonchev–Trinajstić information content (AvgIpc) is 2.48. The molecule has 0 spiro atoms. The second kappa shape index (κ2) is 5.28. The van der Waals surface area contributed by atoms with E-state index in [0.29, 0.717) is 12.2 Å². The summed E-state index contributed by atoms with van der Waals surface area (Å²) in [5, 5.41) is 9.05. The Hall–Kier alpha value is -0.120. The van der Waals surface area contributed by atoms with Crippen molar-refractivity contribution in [3.63, 3.8) is 0 Å². The maximum atomic E-state index is 9.05. The first-order valence-corrected chi connectivity index (χ1v) is 6.30. The molecule has 0 aromatic heterocycles. The van der Waals surface area contributed by atoms with Crippen molar-refractivity contribution in [3.8, 4) is 0 Å². The van der Waals surface area contributed by atoms with Crippen molar-refractivity contribution in [1.82, 2.24) is 4.90 Å². The fourth-order valence-electron chi connectivity index (χ4n) is 2.58. The molecule has 3 heteroatoms. The molecule has 88 valence electrons. The molecule has 2 atom stereocenters. The van der Waals surface area contributed by atoms with Crippen LogP contribution in [0.5, 0.6) is 0 Å². The highest BCUT2D eigenvalue weighted by Crippen LogP contribution is 2.27.